The number of ether oxygens (including phenoxy) is 1. The second-order valence-electron chi connectivity index (χ2n) is 7.14. The molecule has 32 heavy (non-hydrogen) atoms. The van der Waals surface area contributed by atoms with Crippen LogP contribution in [0.3, 0.4) is 0 Å². The largest absolute Gasteiger partial charge is 0.497 e. The normalized spacial score (nSPS) is 15.9. The monoisotopic (exact) mass is 568 g/mol. The Morgan fingerprint density at radius 2 is 2.12 bits per heavy atom. The number of nitrogens with zero attached hydrogens (tertiary/aromatic N) is 5. The molecule has 1 aliphatic rings. The Balaban J connectivity index is 0.00000289. The molecule has 0 amide bonds. The molecular weight excluding hydrogens is 543 g/mol. The first-order valence-corrected chi connectivity index (χ1v) is 10.4. The summed E-state index contributed by atoms with van der Waals surface area (Å²) in [5, 5.41) is 14.7. The number of H-pyrrole nitrogens is 1. The Bertz CT molecular complexity index is 1040. The number of guanidine groups is 1. The van der Waals surface area contributed by atoms with Gasteiger partial charge in [-0.1, -0.05) is 11.6 Å². The number of anilines is 1. The molecule has 2 aromatic heterocycles. The standard InChI is InChI=1S/C21H25ClN8O.HI/c1-23-21(26-15-9-11-30(13-15)20-17(22)4-3-10-24-20)25-12-18-27-19(29-28-18)14-5-7-16(31-2)8-6-14;/h3-8,10,15H,9,11-13H2,1-2H3,(H2,23,25,26)(H,27,28,29);1H. The van der Waals surface area contributed by atoms with E-state index in [0.29, 0.717) is 23.4 Å². The van der Waals surface area contributed by atoms with E-state index in [9.17, 15) is 0 Å². The fourth-order valence-electron chi connectivity index (χ4n) is 3.48. The molecule has 1 atom stereocenters. The smallest absolute Gasteiger partial charge is 0.191 e. The molecule has 3 N–H and O–H groups in total. The van der Waals surface area contributed by atoms with Crippen LogP contribution in [-0.4, -0.2) is 59.4 Å². The molecule has 170 valence electrons. The molecule has 11 heteroatoms. The van der Waals surface area contributed by atoms with Crippen LogP contribution < -0.4 is 20.3 Å². The lowest BCUT2D eigenvalue weighted by Gasteiger charge is -2.20. The van der Waals surface area contributed by atoms with Crippen molar-refractivity contribution in [3.63, 3.8) is 0 Å². The van der Waals surface area contributed by atoms with Crippen LogP contribution in [0.4, 0.5) is 5.82 Å². The summed E-state index contributed by atoms with van der Waals surface area (Å²) in [5.74, 6) is 3.69. The van der Waals surface area contributed by atoms with Gasteiger partial charge in [0.2, 0.25) is 0 Å². The number of nitrogens with one attached hydrogen (secondary N) is 3. The molecule has 0 bridgehead atoms. The van der Waals surface area contributed by atoms with E-state index in [4.69, 9.17) is 16.3 Å². The number of benzene rings is 1. The van der Waals surface area contributed by atoms with Crippen LogP contribution in [0.15, 0.2) is 47.6 Å². The molecule has 9 nitrogen and oxygen atoms in total. The maximum absolute atomic E-state index is 6.28. The van der Waals surface area contributed by atoms with Gasteiger partial charge < -0.3 is 20.3 Å². The van der Waals surface area contributed by atoms with Crippen LogP contribution in [-0.2, 0) is 6.54 Å². The number of hydrogen-bond donors (Lipinski definition) is 3. The molecule has 1 fully saturated rings. The minimum atomic E-state index is 0. The van der Waals surface area contributed by atoms with Gasteiger partial charge in [-0.05, 0) is 42.8 Å². The fraction of sp³-hybridized carbons (Fsp3) is 0.333. The second-order valence-corrected chi connectivity index (χ2v) is 7.55. The zero-order chi connectivity index (χ0) is 21.6. The van der Waals surface area contributed by atoms with Crippen molar-refractivity contribution < 1.29 is 4.74 Å². The number of aromatic nitrogens is 4. The van der Waals surface area contributed by atoms with Crippen molar-refractivity contribution in [2.75, 3.05) is 32.1 Å². The van der Waals surface area contributed by atoms with Gasteiger partial charge in [-0.15, -0.1) is 24.0 Å². The van der Waals surface area contributed by atoms with Gasteiger partial charge in [0.05, 0.1) is 18.7 Å². The lowest BCUT2D eigenvalue weighted by molar-refractivity contribution is 0.415. The minimum absolute atomic E-state index is 0. The summed E-state index contributed by atoms with van der Waals surface area (Å²) in [4.78, 5) is 15.5. The summed E-state index contributed by atoms with van der Waals surface area (Å²) < 4.78 is 5.19. The average Bonchev–Trinajstić information content (AvgIpc) is 3.47. The maximum Gasteiger partial charge on any atom is 0.191 e. The molecule has 4 rings (SSSR count). The first-order valence-electron chi connectivity index (χ1n) is 10.0. The van der Waals surface area contributed by atoms with Crippen molar-refractivity contribution >= 4 is 47.4 Å². The van der Waals surface area contributed by atoms with Crippen molar-refractivity contribution in [2.45, 2.75) is 19.0 Å². The van der Waals surface area contributed by atoms with Crippen LogP contribution in [0, 0.1) is 0 Å². The third-order valence-electron chi connectivity index (χ3n) is 5.09. The highest BCUT2D eigenvalue weighted by Crippen LogP contribution is 2.25. The van der Waals surface area contributed by atoms with E-state index < -0.39 is 0 Å². The van der Waals surface area contributed by atoms with Gasteiger partial charge in [0, 0.05) is 37.9 Å². The highest BCUT2D eigenvalue weighted by molar-refractivity contribution is 14.0. The van der Waals surface area contributed by atoms with Crippen molar-refractivity contribution in [2.24, 2.45) is 4.99 Å². The van der Waals surface area contributed by atoms with Crippen LogP contribution in [0.25, 0.3) is 11.4 Å². The number of methoxy groups -OCH3 is 1. The Hall–Kier alpha value is -2.60. The quantitative estimate of drug-likeness (QED) is 0.239. The average molecular weight is 569 g/mol. The van der Waals surface area contributed by atoms with Crippen molar-refractivity contribution in [1.82, 2.24) is 30.8 Å². The van der Waals surface area contributed by atoms with Crippen LogP contribution in [0.1, 0.15) is 12.2 Å². The van der Waals surface area contributed by atoms with Gasteiger partial charge in [0.25, 0.3) is 0 Å². The predicted molar refractivity (Wildman–Crippen MR) is 137 cm³/mol. The summed E-state index contributed by atoms with van der Waals surface area (Å²) in [6, 6.07) is 11.6. The maximum atomic E-state index is 6.28. The van der Waals surface area contributed by atoms with Gasteiger partial charge in [-0.2, -0.15) is 5.10 Å². The lowest BCUT2D eigenvalue weighted by atomic mass is 10.2. The van der Waals surface area contributed by atoms with E-state index >= 15 is 0 Å². The topological polar surface area (TPSA) is 103 Å². The van der Waals surface area contributed by atoms with Crippen molar-refractivity contribution in [3.8, 4) is 17.1 Å². The molecule has 3 heterocycles. The van der Waals surface area contributed by atoms with E-state index in [1.165, 1.54) is 0 Å². The summed E-state index contributed by atoms with van der Waals surface area (Å²) >= 11 is 6.28. The van der Waals surface area contributed by atoms with E-state index in [2.05, 4.69) is 40.7 Å². The summed E-state index contributed by atoms with van der Waals surface area (Å²) in [6.45, 7) is 2.17. The molecule has 0 aliphatic carbocycles. The number of rotatable bonds is 6. The molecule has 0 radical (unpaired) electrons. The van der Waals surface area contributed by atoms with Gasteiger partial charge >= 0.3 is 0 Å². The number of halogens is 2. The minimum Gasteiger partial charge on any atom is -0.497 e. The number of aromatic amines is 1. The van der Waals surface area contributed by atoms with Gasteiger partial charge in [0.1, 0.15) is 17.4 Å². The third-order valence-corrected chi connectivity index (χ3v) is 5.39. The molecule has 3 aromatic rings. The number of hydrogen-bond acceptors (Lipinski definition) is 6. The summed E-state index contributed by atoms with van der Waals surface area (Å²) in [5.41, 5.74) is 0.921. The Morgan fingerprint density at radius 1 is 1.31 bits per heavy atom. The van der Waals surface area contributed by atoms with Gasteiger partial charge in [-0.25, -0.2) is 9.97 Å². The van der Waals surface area contributed by atoms with E-state index in [1.807, 2.05) is 36.4 Å². The molecule has 1 saturated heterocycles. The molecule has 1 unspecified atom stereocenters. The van der Waals surface area contributed by atoms with Gasteiger partial charge in [0.15, 0.2) is 11.8 Å². The first kappa shape index (κ1) is 24.1. The summed E-state index contributed by atoms with van der Waals surface area (Å²) in [7, 11) is 3.39. The summed E-state index contributed by atoms with van der Waals surface area (Å²) in [6.07, 6.45) is 2.73. The molecule has 0 saturated carbocycles. The molecule has 1 aromatic carbocycles. The highest BCUT2D eigenvalue weighted by atomic mass is 127. The Morgan fingerprint density at radius 3 is 2.84 bits per heavy atom. The lowest BCUT2D eigenvalue weighted by Crippen LogP contribution is -2.44. The van der Waals surface area contributed by atoms with E-state index in [1.54, 1.807) is 20.4 Å². The second kappa shape index (κ2) is 11.3. The molecule has 0 spiro atoms. The van der Waals surface area contributed by atoms with Crippen molar-refractivity contribution in [3.05, 3.63) is 53.4 Å². The first-order chi connectivity index (χ1) is 15.2. The fourth-order valence-corrected chi connectivity index (χ4v) is 3.72. The zero-order valence-corrected chi connectivity index (χ0v) is 21.0. The van der Waals surface area contributed by atoms with Crippen LogP contribution in [0.2, 0.25) is 5.02 Å². The van der Waals surface area contributed by atoms with E-state index in [0.717, 1.165) is 42.5 Å². The molecular formula is C21H26ClIN8O. The number of pyridine rings is 1. The van der Waals surface area contributed by atoms with E-state index in [-0.39, 0.29) is 30.0 Å². The zero-order valence-electron chi connectivity index (χ0n) is 17.9. The molecule has 1 aliphatic heterocycles. The van der Waals surface area contributed by atoms with Crippen LogP contribution in [0.5, 0.6) is 5.75 Å². The van der Waals surface area contributed by atoms with Crippen molar-refractivity contribution in [1.29, 1.82) is 0 Å². The Kier molecular flexibility index (Phi) is 8.51. The Labute approximate surface area is 209 Å². The SMILES string of the molecule is CN=C(NCc1nc(-c2ccc(OC)cc2)n[nH]1)NC1CCN(c2ncccc2Cl)C1.I. The van der Waals surface area contributed by atoms with Crippen LogP contribution >= 0.6 is 35.6 Å². The third kappa shape index (κ3) is 5.80. The number of aliphatic imine (C=N–C) groups is 1. The predicted octanol–water partition coefficient (Wildman–Crippen LogP) is 3.09. The highest BCUT2D eigenvalue weighted by Gasteiger charge is 2.25. The van der Waals surface area contributed by atoms with Gasteiger partial charge in [-0.3, -0.25) is 10.1 Å².